The summed E-state index contributed by atoms with van der Waals surface area (Å²) in [6.45, 7) is 14.2. The number of piperidine rings is 1. The number of guanidine groups is 1. The van der Waals surface area contributed by atoms with Gasteiger partial charge < -0.3 is 20.1 Å². The number of hydrogen-bond donors (Lipinski definition) is 2. The first kappa shape index (κ1) is 24.0. The Hall–Kier alpha value is -0.0800. The summed E-state index contributed by atoms with van der Waals surface area (Å²) in [7, 11) is 0. The Bertz CT molecular complexity index is 445. The molecule has 0 radical (unpaired) electrons. The van der Waals surface area contributed by atoms with Gasteiger partial charge in [-0.25, -0.2) is 0 Å². The van der Waals surface area contributed by atoms with E-state index in [2.05, 4.69) is 44.8 Å². The molecule has 1 saturated heterocycles. The van der Waals surface area contributed by atoms with E-state index in [1.165, 1.54) is 6.42 Å². The van der Waals surface area contributed by atoms with Crippen molar-refractivity contribution in [3.8, 4) is 0 Å². The molecule has 154 valence electrons. The molecule has 2 atom stereocenters. The van der Waals surface area contributed by atoms with Crippen molar-refractivity contribution >= 4 is 29.9 Å². The Balaban J connectivity index is 0.00000338. The van der Waals surface area contributed by atoms with Crippen molar-refractivity contribution in [2.45, 2.75) is 91.0 Å². The highest BCUT2D eigenvalue weighted by Gasteiger charge is 2.35. The van der Waals surface area contributed by atoms with Gasteiger partial charge in [-0.1, -0.05) is 19.8 Å². The fraction of sp³-hybridized carbons (Fsp3) is 0.950. The number of likely N-dealkylation sites (tertiary alicyclic amines) is 1. The third kappa shape index (κ3) is 7.15. The van der Waals surface area contributed by atoms with Crippen LogP contribution in [-0.4, -0.2) is 60.0 Å². The minimum Gasteiger partial charge on any atom is -0.392 e. The van der Waals surface area contributed by atoms with Gasteiger partial charge in [0, 0.05) is 25.0 Å². The highest BCUT2D eigenvalue weighted by atomic mass is 127. The number of nitrogens with zero attached hydrogens (tertiary/aromatic N) is 2. The molecule has 2 unspecified atom stereocenters. The zero-order valence-corrected chi connectivity index (χ0v) is 19.7. The molecule has 1 aliphatic carbocycles. The van der Waals surface area contributed by atoms with Gasteiger partial charge in [-0.15, -0.1) is 24.0 Å². The fourth-order valence-corrected chi connectivity index (χ4v) is 3.93. The smallest absolute Gasteiger partial charge is 0.193 e. The van der Waals surface area contributed by atoms with Crippen molar-refractivity contribution in [1.82, 2.24) is 10.2 Å². The minimum atomic E-state index is -0.223. The maximum atomic E-state index is 10.4. The molecule has 0 bridgehead atoms. The molecule has 0 aromatic heterocycles. The zero-order valence-electron chi connectivity index (χ0n) is 17.4. The molecular formula is C20H40IN3O2. The summed E-state index contributed by atoms with van der Waals surface area (Å²) >= 11 is 0. The van der Waals surface area contributed by atoms with Crippen molar-refractivity contribution < 1.29 is 9.84 Å². The minimum absolute atomic E-state index is 0. The van der Waals surface area contributed by atoms with Crippen LogP contribution in [0.5, 0.6) is 0 Å². The monoisotopic (exact) mass is 481 g/mol. The average Bonchev–Trinajstić information content (AvgIpc) is 2.54. The Kier molecular flexibility index (Phi) is 9.64. The van der Waals surface area contributed by atoms with Crippen LogP contribution in [0.2, 0.25) is 0 Å². The molecule has 6 heteroatoms. The maximum absolute atomic E-state index is 10.4. The summed E-state index contributed by atoms with van der Waals surface area (Å²) in [6.07, 6.45) is 6.53. The third-order valence-corrected chi connectivity index (χ3v) is 5.47. The van der Waals surface area contributed by atoms with Gasteiger partial charge in [0.25, 0.3) is 0 Å². The number of aliphatic hydroxyl groups excluding tert-OH is 1. The highest BCUT2D eigenvalue weighted by Crippen LogP contribution is 2.36. The number of ether oxygens (including phenoxy) is 1. The van der Waals surface area contributed by atoms with E-state index in [1.807, 2.05) is 0 Å². The van der Waals surface area contributed by atoms with Crippen LogP contribution in [-0.2, 0) is 4.74 Å². The van der Waals surface area contributed by atoms with Crippen LogP contribution in [0.25, 0.3) is 0 Å². The first-order valence-electron chi connectivity index (χ1n) is 10.1. The van der Waals surface area contributed by atoms with E-state index >= 15 is 0 Å². The lowest BCUT2D eigenvalue weighted by Gasteiger charge is -2.39. The molecule has 0 amide bonds. The van der Waals surface area contributed by atoms with Gasteiger partial charge in [0.15, 0.2) is 5.96 Å². The average molecular weight is 481 g/mol. The van der Waals surface area contributed by atoms with E-state index in [9.17, 15) is 5.11 Å². The van der Waals surface area contributed by atoms with Crippen molar-refractivity contribution in [3.63, 3.8) is 0 Å². The zero-order chi connectivity index (χ0) is 18.5. The Morgan fingerprint density at radius 1 is 1.23 bits per heavy atom. The van der Waals surface area contributed by atoms with Gasteiger partial charge in [0.1, 0.15) is 0 Å². The molecule has 0 aromatic rings. The molecule has 2 aliphatic rings. The predicted octanol–water partition coefficient (Wildman–Crippen LogP) is 3.79. The second kappa shape index (κ2) is 10.5. The van der Waals surface area contributed by atoms with Crippen molar-refractivity contribution in [1.29, 1.82) is 0 Å². The molecule has 2 N–H and O–H groups in total. The van der Waals surface area contributed by atoms with Crippen molar-refractivity contribution in [2.24, 2.45) is 10.4 Å². The molecule has 1 aliphatic heterocycles. The second-order valence-electron chi connectivity index (χ2n) is 9.00. The molecule has 0 spiro atoms. The fourth-order valence-electron chi connectivity index (χ4n) is 3.93. The van der Waals surface area contributed by atoms with E-state index in [1.54, 1.807) is 0 Å². The largest absolute Gasteiger partial charge is 0.392 e. The SMILES string of the molecule is CCNC(=NCC1(C)CCCCC1O)N1CCC(OC(C)(C)C)CC1.I. The molecule has 2 rings (SSSR count). The summed E-state index contributed by atoms with van der Waals surface area (Å²) in [5, 5.41) is 13.8. The van der Waals surface area contributed by atoms with E-state index < -0.39 is 0 Å². The van der Waals surface area contributed by atoms with Crippen LogP contribution in [0.1, 0.15) is 73.1 Å². The van der Waals surface area contributed by atoms with Gasteiger partial charge in [-0.3, -0.25) is 4.99 Å². The van der Waals surface area contributed by atoms with E-state index in [0.717, 1.165) is 57.7 Å². The summed E-state index contributed by atoms with van der Waals surface area (Å²) in [5.41, 5.74) is -0.149. The molecule has 1 saturated carbocycles. The normalized spacial score (nSPS) is 28.6. The maximum Gasteiger partial charge on any atom is 0.193 e. The summed E-state index contributed by atoms with van der Waals surface area (Å²) in [5.74, 6) is 0.996. The van der Waals surface area contributed by atoms with Crippen LogP contribution < -0.4 is 5.32 Å². The topological polar surface area (TPSA) is 57.1 Å². The van der Waals surface area contributed by atoms with Gasteiger partial charge in [-0.2, -0.15) is 0 Å². The number of hydrogen-bond acceptors (Lipinski definition) is 3. The van der Waals surface area contributed by atoms with Crippen LogP contribution in [0, 0.1) is 5.41 Å². The van der Waals surface area contributed by atoms with E-state index in [0.29, 0.717) is 12.6 Å². The highest BCUT2D eigenvalue weighted by molar-refractivity contribution is 14.0. The summed E-state index contributed by atoms with van der Waals surface area (Å²) in [6, 6.07) is 0. The van der Waals surface area contributed by atoms with Gasteiger partial charge in [-0.05, 0) is 53.4 Å². The lowest BCUT2D eigenvalue weighted by atomic mass is 9.73. The number of halogens is 1. The number of aliphatic hydroxyl groups is 1. The Morgan fingerprint density at radius 3 is 2.42 bits per heavy atom. The Labute approximate surface area is 177 Å². The van der Waals surface area contributed by atoms with Crippen LogP contribution in [0.15, 0.2) is 4.99 Å². The van der Waals surface area contributed by atoms with Gasteiger partial charge >= 0.3 is 0 Å². The Morgan fingerprint density at radius 2 is 1.88 bits per heavy atom. The third-order valence-electron chi connectivity index (χ3n) is 5.47. The van der Waals surface area contributed by atoms with Crippen LogP contribution in [0.3, 0.4) is 0 Å². The predicted molar refractivity (Wildman–Crippen MR) is 119 cm³/mol. The van der Waals surface area contributed by atoms with Crippen LogP contribution >= 0.6 is 24.0 Å². The molecule has 0 aromatic carbocycles. The van der Waals surface area contributed by atoms with Crippen molar-refractivity contribution in [2.75, 3.05) is 26.2 Å². The quantitative estimate of drug-likeness (QED) is 0.365. The van der Waals surface area contributed by atoms with Gasteiger partial charge in [0.05, 0.1) is 24.4 Å². The standard InChI is InChI=1S/C20H39N3O2.HI/c1-6-21-18(22-15-20(5)12-8-7-9-17(20)24)23-13-10-16(11-14-23)25-19(2,3)4;/h16-17,24H,6-15H2,1-5H3,(H,21,22);1H. The summed E-state index contributed by atoms with van der Waals surface area (Å²) < 4.78 is 6.13. The molecule has 2 fully saturated rings. The first-order valence-corrected chi connectivity index (χ1v) is 10.1. The van der Waals surface area contributed by atoms with Gasteiger partial charge in [0.2, 0.25) is 0 Å². The lowest BCUT2D eigenvalue weighted by molar-refractivity contribution is -0.0773. The number of nitrogens with one attached hydrogen (secondary N) is 1. The molecule has 1 heterocycles. The molecular weight excluding hydrogens is 441 g/mol. The first-order chi connectivity index (χ1) is 11.7. The molecule has 5 nitrogen and oxygen atoms in total. The van der Waals surface area contributed by atoms with E-state index in [4.69, 9.17) is 9.73 Å². The second-order valence-corrected chi connectivity index (χ2v) is 9.00. The molecule has 26 heavy (non-hydrogen) atoms. The number of aliphatic imine (C=N–C) groups is 1. The lowest BCUT2D eigenvalue weighted by Crippen LogP contribution is -2.48. The van der Waals surface area contributed by atoms with E-state index in [-0.39, 0.29) is 41.1 Å². The van der Waals surface area contributed by atoms with Crippen molar-refractivity contribution in [3.05, 3.63) is 0 Å². The number of rotatable bonds is 4. The summed E-state index contributed by atoms with van der Waals surface area (Å²) in [4.78, 5) is 7.27. The van der Waals surface area contributed by atoms with Crippen LogP contribution in [0.4, 0.5) is 0 Å².